The van der Waals surface area contributed by atoms with Crippen LogP contribution in [-0.2, 0) is 6.54 Å². The van der Waals surface area contributed by atoms with Crippen molar-refractivity contribution >= 4 is 5.91 Å². The summed E-state index contributed by atoms with van der Waals surface area (Å²) in [4.78, 5) is 14.4. The van der Waals surface area contributed by atoms with E-state index in [-0.39, 0.29) is 17.6 Å². The van der Waals surface area contributed by atoms with Crippen LogP contribution in [0.1, 0.15) is 54.9 Å². The topological polar surface area (TPSA) is 59.0 Å². The molecule has 2 aromatic rings. The summed E-state index contributed by atoms with van der Waals surface area (Å²) < 4.78 is 25.8. The van der Waals surface area contributed by atoms with E-state index in [9.17, 15) is 14.3 Å². The molecule has 1 aliphatic heterocycles. The van der Waals surface area contributed by atoms with Gasteiger partial charge in [-0.15, -0.1) is 0 Å². The number of carbonyl (C=O) groups is 1. The lowest BCUT2D eigenvalue weighted by molar-refractivity contribution is 0.0653. The van der Waals surface area contributed by atoms with Crippen LogP contribution in [0.5, 0.6) is 17.2 Å². The molecule has 1 fully saturated rings. The van der Waals surface area contributed by atoms with Crippen molar-refractivity contribution < 1.29 is 23.8 Å². The van der Waals surface area contributed by atoms with Gasteiger partial charge in [-0.3, -0.25) is 4.79 Å². The molecule has 2 aliphatic rings. The largest absolute Gasteiger partial charge is 0.505 e. The first kappa shape index (κ1) is 21.5. The van der Waals surface area contributed by atoms with Crippen molar-refractivity contribution in [3.8, 4) is 17.2 Å². The smallest absolute Gasteiger partial charge is 0.257 e. The Morgan fingerprint density at radius 1 is 1.16 bits per heavy atom. The van der Waals surface area contributed by atoms with Crippen LogP contribution in [0.2, 0.25) is 0 Å². The van der Waals surface area contributed by atoms with Gasteiger partial charge in [-0.1, -0.05) is 19.1 Å². The van der Waals surface area contributed by atoms with Crippen LogP contribution in [0.25, 0.3) is 0 Å². The molecule has 1 heterocycles. The molecule has 31 heavy (non-hydrogen) atoms. The van der Waals surface area contributed by atoms with Gasteiger partial charge in [-0.2, -0.15) is 0 Å². The summed E-state index contributed by atoms with van der Waals surface area (Å²) in [6.07, 6.45) is 5.25. The number of ether oxygens (including phenoxy) is 2. The number of halogens is 1. The Labute approximate surface area is 182 Å². The summed E-state index contributed by atoms with van der Waals surface area (Å²) in [7, 11) is 1.65. The Bertz CT molecular complexity index is 939. The number of amides is 1. The summed E-state index contributed by atoms with van der Waals surface area (Å²) in [6.45, 7) is 3.21. The van der Waals surface area contributed by atoms with Gasteiger partial charge in [-0.25, -0.2) is 4.39 Å². The number of fused-ring (bicyclic) bond motifs is 1. The van der Waals surface area contributed by atoms with Crippen LogP contribution in [0.4, 0.5) is 4.39 Å². The molecule has 0 radical (unpaired) electrons. The van der Waals surface area contributed by atoms with Gasteiger partial charge in [0.15, 0.2) is 11.6 Å². The third kappa shape index (κ3) is 4.48. The average Bonchev–Trinajstić information content (AvgIpc) is 3.11. The van der Waals surface area contributed by atoms with Gasteiger partial charge in [0.1, 0.15) is 17.6 Å². The van der Waals surface area contributed by atoms with E-state index in [0.29, 0.717) is 30.5 Å². The fourth-order valence-electron chi connectivity index (χ4n) is 4.97. The molecule has 1 aliphatic carbocycles. The standard InChI is InChI=1S/C25H30FNO4/c1-3-22(31-20-6-4-5-19(13-20)30-2)17-9-7-16(8-10-17)14-27-15-18-11-12-21(28)24(26)23(18)25(27)29/h4-6,11-13,16-17,22,28H,3,7-10,14-15H2,1-2H3. The Morgan fingerprint density at radius 2 is 1.90 bits per heavy atom. The number of carbonyl (C=O) groups excluding carboxylic acids is 1. The second kappa shape index (κ2) is 9.16. The lowest BCUT2D eigenvalue weighted by Crippen LogP contribution is -2.35. The number of phenols is 1. The zero-order valence-corrected chi connectivity index (χ0v) is 18.1. The highest BCUT2D eigenvalue weighted by Crippen LogP contribution is 2.36. The van der Waals surface area contributed by atoms with Gasteiger partial charge in [-0.05, 0) is 67.7 Å². The molecule has 1 atom stereocenters. The van der Waals surface area contributed by atoms with E-state index in [2.05, 4.69) is 6.92 Å². The fourth-order valence-corrected chi connectivity index (χ4v) is 4.97. The number of phenolic OH excluding ortho intramolecular Hbond substituents is 1. The zero-order chi connectivity index (χ0) is 22.0. The molecule has 2 aromatic carbocycles. The molecule has 0 spiro atoms. The molecule has 1 N–H and O–H groups in total. The minimum Gasteiger partial charge on any atom is -0.505 e. The summed E-state index contributed by atoms with van der Waals surface area (Å²) in [5, 5.41) is 9.58. The molecule has 0 aromatic heterocycles. The third-order valence-corrected chi connectivity index (χ3v) is 6.70. The van der Waals surface area contributed by atoms with Crippen molar-refractivity contribution in [2.45, 2.75) is 51.7 Å². The summed E-state index contributed by atoms with van der Waals surface area (Å²) in [5.74, 6) is 0.938. The SMILES string of the molecule is CCC(Oc1cccc(OC)c1)C1CCC(CN2Cc3ccc(O)c(F)c3C2=O)CC1. The molecule has 1 amide bonds. The summed E-state index contributed by atoms with van der Waals surface area (Å²) in [5.41, 5.74) is 0.693. The Balaban J connectivity index is 1.32. The maximum atomic E-state index is 14.2. The molecule has 166 valence electrons. The van der Waals surface area contributed by atoms with Crippen molar-refractivity contribution in [3.63, 3.8) is 0 Å². The molecule has 0 saturated heterocycles. The van der Waals surface area contributed by atoms with Crippen molar-refractivity contribution in [2.75, 3.05) is 13.7 Å². The first-order valence-electron chi connectivity index (χ1n) is 11.1. The van der Waals surface area contributed by atoms with Crippen molar-refractivity contribution in [3.05, 3.63) is 53.3 Å². The van der Waals surface area contributed by atoms with Gasteiger partial charge >= 0.3 is 0 Å². The Hall–Kier alpha value is -2.76. The monoisotopic (exact) mass is 427 g/mol. The van der Waals surface area contributed by atoms with E-state index in [4.69, 9.17) is 9.47 Å². The predicted octanol–water partition coefficient (Wildman–Crippen LogP) is 5.16. The lowest BCUT2D eigenvalue weighted by Gasteiger charge is -2.35. The molecule has 0 bridgehead atoms. The highest BCUT2D eigenvalue weighted by Gasteiger charge is 2.35. The van der Waals surface area contributed by atoms with Gasteiger partial charge in [0, 0.05) is 19.2 Å². The first-order chi connectivity index (χ1) is 15.0. The minimum absolute atomic E-state index is 0.0337. The Morgan fingerprint density at radius 3 is 2.61 bits per heavy atom. The van der Waals surface area contributed by atoms with Crippen molar-refractivity contribution in [2.24, 2.45) is 11.8 Å². The fraction of sp³-hybridized carbons (Fsp3) is 0.480. The van der Waals surface area contributed by atoms with Crippen LogP contribution >= 0.6 is 0 Å². The third-order valence-electron chi connectivity index (χ3n) is 6.70. The molecule has 4 rings (SSSR count). The highest BCUT2D eigenvalue weighted by atomic mass is 19.1. The summed E-state index contributed by atoms with van der Waals surface area (Å²) >= 11 is 0. The van der Waals surface area contributed by atoms with E-state index >= 15 is 0 Å². The van der Waals surface area contributed by atoms with Crippen molar-refractivity contribution in [1.82, 2.24) is 4.90 Å². The molecular formula is C25H30FNO4. The number of benzene rings is 2. The number of hydrogen-bond donors (Lipinski definition) is 1. The molecule has 1 unspecified atom stereocenters. The highest BCUT2D eigenvalue weighted by molar-refractivity contribution is 5.99. The maximum Gasteiger partial charge on any atom is 0.257 e. The van der Waals surface area contributed by atoms with Crippen LogP contribution in [-0.4, -0.2) is 35.7 Å². The van der Waals surface area contributed by atoms with Gasteiger partial charge in [0.25, 0.3) is 5.91 Å². The quantitative estimate of drug-likeness (QED) is 0.663. The number of rotatable bonds is 7. The number of methoxy groups -OCH3 is 1. The molecule has 1 saturated carbocycles. The number of aromatic hydroxyl groups is 1. The second-order valence-corrected chi connectivity index (χ2v) is 8.64. The van der Waals surface area contributed by atoms with Crippen LogP contribution < -0.4 is 9.47 Å². The maximum absolute atomic E-state index is 14.2. The van der Waals surface area contributed by atoms with E-state index in [1.165, 1.54) is 6.07 Å². The second-order valence-electron chi connectivity index (χ2n) is 8.64. The summed E-state index contributed by atoms with van der Waals surface area (Å²) in [6, 6.07) is 10.7. The zero-order valence-electron chi connectivity index (χ0n) is 18.1. The van der Waals surface area contributed by atoms with E-state index < -0.39 is 11.6 Å². The van der Waals surface area contributed by atoms with E-state index in [0.717, 1.165) is 43.6 Å². The molecule has 6 heteroatoms. The van der Waals surface area contributed by atoms with Crippen LogP contribution in [0.15, 0.2) is 36.4 Å². The van der Waals surface area contributed by atoms with E-state index in [1.54, 1.807) is 18.1 Å². The number of hydrogen-bond acceptors (Lipinski definition) is 4. The average molecular weight is 428 g/mol. The Kier molecular flexibility index (Phi) is 6.35. The lowest BCUT2D eigenvalue weighted by atomic mass is 9.78. The van der Waals surface area contributed by atoms with Gasteiger partial charge in [0.2, 0.25) is 0 Å². The number of nitrogens with zero attached hydrogens (tertiary/aromatic N) is 1. The van der Waals surface area contributed by atoms with Gasteiger partial charge < -0.3 is 19.5 Å². The predicted molar refractivity (Wildman–Crippen MR) is 116 cm³/mol. The minimum atomic E-state index is -0.797. The van der Waals surface area contributed by atoms with Crippen molar-refractivity contribution in [1.29, 1.82) is 0 Å². The normalized spacial score (nSPS) is 21.6. The first-order valence-corrected chi connectivity index (χ1v) is 11.1. The van der Waals surface area contributed by atoms with Gasteiger partial charge in [0.05, 0.1) is 12.7 Å². The molecule has 5 nitrogen and oxygen atoms in total. The van der Waals surface area contributed by atoms with Crippen LogP contribution in [0, 0.1) is 17.7 Å². The van der Waals surface area contributed by atoms with Crippen LogP contribution in [0.3, 0.4) is 0 Å². The van der Waals surface area contributed by atoms with E-state index in [1.807, 2.05) is 24.3 Å². The molecular weight excluding hydrogens is 397 g/mol.